The minimum Gasteiger partial charge on any atom is -0.481 e. The fourth-order valence-corrected chi connectivity index (χ4v) is 6.04. The van der Waals surface area contributed by atoms with Crippen LogP contribution in [0.3, 0.4) is 0 Å². The molecule has 0 aromatic heterocycles. The van der Waals surface area contributed by atoms with Gasteiger partial charge in [-0.2, -0.15) is 0 Å². The van der Waals surface area contributed by atoms with Crippen LogP contribution in [0, 0.1) is 5.41 Å². The standard InChI is InChI=1S/C17H14BrClO5S/c18-11-3-1-10(2-4-11)14-15(17(14,9-20)16(21)22)25(23,24)13-7-5-12(19)6-8-13/h1-8,14-15,20H,9H2,(H,21,22)/t14-,15+,17+/m0/s1. The molecule has 3 rings (SSSR count). The average Bonchev–Trinajstić information content (AvgIpc) is 3.27. The van der Waals surface area contributed by atoms with Gasteiger partial charge in [0.2, 0.25) is 0 Å². The monoisotopic (exact) mass is 444 g/mol. The van der Waals surface area contributed by atoms with Gasteiger partial charge in [0.25, 0.3) is 0 Å². The number of benzene rings is 2. The maximum atomic E-state index is 13.0. The van der Waals surface area contributed by atoms with E-state index >= 15 is 0 Å². The molecule has 1 aliphatic carbocycles. The highest BCUT2D eigenvalue weighted by Crippen LogP contribution is 2.64. The van der Waals surface area contributed by atoms with Crippen LogP contribution in [0.2, 0.25) is 5.02 Å². The van der Waals surface area contributed by atoms with Crippen LogP contribution in [0.25, 0.3) is 0 Å². The van der Waals surface area contributed by atoms with Crippen molar-refractivity contribution in [2.24, 2.45) is 5.41 Å². The number of hydrogen-bond donors (Lipinski definition) is 2. The molecular formula is C17H14BrClO5S. The lowest BCUT2D eigenvalue weighted by Crippen LogP contribution is -2.27. The van der Waals surface area contributed by atoms with Crippen molar-refractivity contribution in [3.05, 3.63) is 63.6 Å². The third-order valence-corrected chi connectivity index (χ3v) is 7.69. The van der Waals surface area contributed by atoms with Crippen LogP contribution in [0.5, 0.6) is 0 Å². The smallest absolute Gasteiger partial charge is 0.314 e. The Balaban J connectivity index is 2.10. The van der Waals surface area contributed by atoms with E-state index in [4.69, 9.17) is 11.6 Å². The van der Waals surface area contributed by atoms with E-state index in [9.17, 15) is 23.4 Å². The predicted molar refractivity (Wildman–Crippen MR) is 96.5 cm³/mol. The second kappa shape index (κ2) is 6.39. The number of rotatable bonds is 5. The van der Waals surface area contributed by atoms with E-state index in [2.05, 4.69) is 15.9 Å². The molecule has 0 saturated heterocycles. The molecule has 0 amide bonds. The SMILES string of the molecule is O=C(O)[C@@]1(CO)[C@H](S(=O)(=O)c2ccc(Cl)cc2)[C@@H]1c1ccc(Br)cc1. The Labute approximate surface area is 158 Å². The van der Waals surface area contributed by atoms with Crippen LogP contribution in [-0.2, 0) is 14.6 Å². The Bertz CT molecular complexity index is 911. The van der Waals surface area contributed by atoms with Crippen molar-refractivity contribution in [3.8, 4) is 0 Å². The molecule has 0 unspecified atom stereocenters. The number of carboxylic acids is 1. The third-order valence-electron chi connectivity index (χ3n) is 4.62. The van der Waals surface area contributed by atoms with Crippen LogP contribution in [0.4, 0.5) is 0 Å². The first-order chi connectivity index (χ1) is 11.7. The zero-order valence-corrected chi connectivity index (χ0v) is 15.9. The van der Waals surface area contributed by atoms with E-state index in [-0.39, 0.29) is 4.90 Å². The van der Waals surface area contributed by atoms with Crippen LogP contribution in [0.1, 0.15) is 11.5 Å². The number of aliphatic hydroxyl groups is 1. The molecule has 0 bridgehead atoms. The molecule has 132 valence electrons. The molecule has 25 heavy (non-hydrogen) atoms. The molecule has 1 saturated carbocycles. The maximum Gasteiger partial charge on any atom is 0.314 e. The number of aliphatic carboxylic acids is 1. The van der Waals surface area contributed by atoms with Crippen molar-refractivity contribution in [3.63, 3.8) is 0 Å². The highest BCUT2D eigenvalue weighted by molar-refractivity contribution is 9.10. The molecule has 0 heterocycles. The summed E-state index contributed by atoms with van der Waals surface area (Å²) in [4.78, 5) is 11.8. The highest BCUT2D eigenvalue weighted by Gasteiger charge is 2.75. The van der Waals surface area contributed by atoms with Crippen molar-refractivity contribution in [2.75, 3.05) is 6.61 Å². The van der Waals surface area contributed by atoms with Gasteiger partial charge in [0.1, 0.15) is 5.41 Å². The molecule has 5 nitrogen and oxygen atoms in total. The number of aliphatic hydroxyl groups excluding tert-OH is 1. The third kappa shape index (κ3) is 2.89. The minimum absolute atomic E-state index is 0.0133. The van der Waals surface area contributed by atoms with Crippen molar-refractivity contribution >= 4 is 43.3 Å². The quantitative estimate of drug-likeness (QED) is 0.738. The van der Waals surface area contributed by atoms with E-state index in [0.717, 1.165) is 4.47 Å². The van der Waals surface area contributed by atoms with Crippen molar-refractivity contribution in [1.29, 1.82) is 0 Å². The minimum atomic E-state index is -3.97. The van der Waals surface area contributed by atoms with Gasteiger partial charge >= 0.3 is 5.97 Å². The van der Waals surface area contributed by atoms with Crippen molar-refractivity contribution in [1.82, 2.24) is 0 Å². The van der Waals surface area contributed by atoms with E-state index in [1.54, 1.807) is 24.3 Å². The molecule has 0 spiro atoms. The van der Waals surface area contributed by atoms with E-state index < -0.39 is 39.0 Å². The lowest BCUT2D eigenvalue weighted by atomic mass is 10.0. The molecule has 1 fully saturated rings. The molecule has 2 aromatic carbocycles. The molecule has 2 N–H and O–H groups in total. The molecular weight excluding hydrogens is 432 g/mol. The van der Waals surface area contributed by atoms with Crippen LogP contribution >= 0.6 is 27.5 Å². The Morgan fingerprint density at radius 3 is 2.16 bits per heavy atom. The summed E-state index contributed by atoms with van der Waals surface area (Å²) in [5, 5.41) is 18.6. The van der Waals surface area contributed by atoms with Crippen molar-refractivity contribution < 1.29 is 23.4 Å². The van der Waals surface area contributed by atoms with Gasteiger partial charge in [-0.1, -0.05) is 39.7 Å². The lowest BCUT2D eigenvalue weighted by molar-refractivity contribution is -0.145. The van der Waals surface area contributed by atoms with Gasteiger partial charge in [0.05, 0.1) is 16.8 Å². The molecule has 0 radical (unpaired) electrons. The van der Waals surface area contributed by atoms with Crippen LogP contribution < -0.4 is 0 Å². The van der Waals surface area contributed by atoms with Crippen molar-refractivity contribution in [2.45, 2.75) is 16.1 Å². The topological polar surface area (TPSA) is 91.7 Å². The van der Waals surface area contributed by atoms with Gasteiger partial charge in [-0.3, -0.25) is 4.79 Å². The Morgan fingerprint density at radius 1 is 1.12 bits per heavy atom. The van der Waals surface area contributed by atoms with Gasteiger partial charge in [0, 0.05) is 15.4 Å². The van der Waals surface area contributed by atoms with E-state index in [0.29, 0.717) is 10.6 Å². The fraction of sp³-hybridized carbons (Fsp3) is 0.235. The van der Waals surface area contributed by atoms with Gasteiger partial charge < -0.3 is 10.2 Å². The molecule has 8 heteroatoms. The summed E-state index contributed by atoms with van der Waals surface area (Å²) in [7, 11) is -3.97. The average molecular weight is 446 g/mol. The first-order valence-electron chi connectivity index (χ1n) is 7.34. The highest BCUT2D eigenvalue weighted by atomic mass is 79.9. The Morgan fingerprint density at radius 2 is 1.68 bits per heavy atom. The number of carbonyl (C=O) groups is 1. The molecule has 3 atom stereocenters. The Hall–Kier alpha value is -1.41. The normalized spacial score (nSPS) is 25.6. The maximum absolute atomic E-state index is 13.0. The van der Waals surface area contributed by atoms with Gasteiger partial charge in [-0.05, 0) is 42.0 Å². The molecule has 2 aromatic rings. The first-order valence-corrected chi connectivity index (χ1v) is 10.1. The van der Waals surface area contributed by atoms with E-state index in [1.165, 1.54) is 24.3 Å². The zero-order chi connectivity index (χ0) is 18.4. The Kier molecular flexibility index (Phi) is 4.70. The number of hydrogen-bond acceptors (Lipinski definition) is 4. The lowest BCUT2D eigenvalue weighted by Gasteiger charge is -2.09. The van der Waals surface area contributed by atoms with Gasteiger partial charge in [-0.25, -0.2) is 8.42 Å². The second-order valence-corrected chi connectivity index (χ2v) is 9.37. The van der Waals surface area contributed by atoms with Crippen LogP contribution in [0.15, 0.2) is 57.9 Å². The number of carboxylic acid groups (broad SMARTS) is 1. The summed E-state index contributed by atoms with van der Waals surface area (Å²) in [6.07, 6.45) is 0. The molecule has 1 aliphatic rings. The summed E-state index contributed by atoms with van der Waals surface area (Å²) in [5.74, 6) is -2.16. The fourth-order valence-electron chi connectivity index (χ4n) is 3.28. The van der Waals surface area contributed by atoms with Gasteiger partial charge in [0.15, 0.2) is 9.84 Å². The van der Waals surface area contributed by atoms with E-state index in [1.807, 2.05) is 0 Å². The summed E-state index contributed by atoms with van der Waals surface area (Å²) in [6, 6.07) is 12.3. The molecule has 0 aliphatic heterocycles. The number of halogens is 2. The predicted octanol–water partition coefficient (Wildman–Crippen LogP) is 3.11. The zero-order valence-electron chi connectivity index (χ0n) is 12.8. The summed E-state index contributed by atoms with van der Waals surface area (Å²) in [6.45, 7) is -0.763. The first kappa shape index (κ1) is 18.4. The van der Waals surface area contributed by atoms with Crippen LogP contribution in [-0.4, -0.2) is 36.5 Å². The summed E-state index contributed by atoms with van der Waals surface area (Å²) < 4.78 is 26.8. The second-order valence-electron chi connectivity index (χ2n) is 5.95. The summed E-state index contributed by atoms with van der Waals surface area (Å²) in [5.41, 5.74) is -1.20. The number of sulfone groups is 1. The van der Waals surface area contributed by atoms with Gasteiger partial charge in [-0.15, -0.1) is 0 Å². The largest absolute Gasteiger partial charge is 0.481 e. The summed E-state index contributed by atoms with van der Waals surface area (Å²) >= 11 is 9.09.